The first-order valence-corrected chi connectivity index (χ1v) is 13.0. The van der Waals surface area contributed by atoms with Gasteiger partial charge < -0.3 is 0 Å². The van der Waals surface area contributed by atoms with E-state index >= 15 is 0 Å². The highest BCUT2D eigenvalue weighted by molar-refractivity contribution is 8.28. The van der Waals surface area contributed by atoms with Gasteiger partial charge in [-0.25, -0.2) is 0 Å². The van der Waals surface area contributed by atoms with Crippen LogP contribution in [0.15, 0.2) is 24.5 Å². The number of rotatable bonds is 13. The summed E-state index contributed by atoms with van der Waals surface area (Å²) >= 11 is 5.67. The zero-order valence-electron chi connectivity index (χ0n) is 16.6. The second-order valence-electron chi connectivity index (χ2n) is 7.60. The molecule has 0 amide bonds. The maximum Gasteiger partial charge on any atom is 0.0525 e. The summed E-state index contributed by atoms with van der Waals surface area (Å²) in [6.07, 6.45) is 17.8. The molecular weight excluding hydrogens is 358 g/mol. The molecular formula is C21H37N3S2. The molecule has 0 aliphatic carbocycles. The molecule has 1 atom stereocenters. The fraction of sp³-hybridized carbons (Fsp3) is 0.762. The van der Waals surface area contributed by atoms with Gasteiger partial charge in [0.2, 0.25) is 0 Å². The van der Waals surface area contributed by atoms with Crippen LogP contribution < -0.4 is 0 Å². The van der Waals surface area contributed by atoms with Crippen LogP contribution in [0.5, 0.6) is 0 Å². The average Bonchev–Trinajstić information content (AvgIpc) is 2.64. The van der Waals surface area contributed by atoms with Crippen LogP contribution in [0.3, 0.4) is 0 Å². The Balaban J connectivity index is 1.54. The molecule has 26 heavy (non-hydrogen) atoms. The Kier molecular flexibility index (Phi) is 11.6. The minimum Gasteiger partial charge on any atom is -0.281 e. The van der Waals surface area contributed by atoms with E-state index in [4.69, 9.17) is 11.2 Å². The van der Waals surface area contributed by atoms with Crippen molar-refractivity contribution in [1.29, 1.82) is 0 Å². The number of unbranched alkanes of at least 4 members (excludes halogenated alkanes) is 9. The largest absolute Gasteiger partial charge is 0.281 e. The van der Waals surface area contributed by atoms with Crippen LogP contribution in [0.2, 0.25) is 0 Å². The van der Waals surface area contributed by atoms with E-state index in [1.165, 1.54) is 76.3 Å². The molecule has 0 N–H and O–H groups in total. The molecule has 3 nitrogen and oxygen atoms in total. The maximum absolute atomic E-state index is 5.67. The van der Waals surface area contributed by atoms with Gasteiger partial charge in [-0.15, -0.1) is 0 Å². The molecule has 1 aliphatic heterocycles. The number of aromatic nitrogens is 1. The predicted molar refractivity (Wildman–Crippen MR) is 118 cm³/mol. The van der Waals surface area contributed by atoms with Gasteiger partial charge in [0.1, 0.15) is 0 Å². The van der Waals surface area contributed by atoms with E-state index in [1.807, 2.05) is 12.4 Å². The SMILES string of the molecule is CCCCCCCCCCCCN1CN(Cc2ccncc2)CS(=S)C1. The van der Waals surface area contributed by atoms with Gasteiger partial charge in [-0.2, -0.15) is 0 Å². The molecule has 5 heteroatoms. The maximum atomic E-state index is 5.67. The third kappa shape index (κ3) is 9.54. The van der Waals surface area contributed by atoms with Gasteiger partial charge in [0.25, 0.3) is 0 Å². The molecule has 2 heterocycles. The molecule has 1 aromatic rings. The minimum absolute atomic E-state index is 0.0810. The fourth-order valence-electron chi connectivity index (χ4n) is 3.61. The van der Waals surface area contributed by atoms with Crippen LogP contribution >= 0.6 is 0 Å². The van der Waals surface area contributed by atoms with Gasteiger partial charge in [0, 0.05) is 25.5 Å². The summed E-state index contributed by atoms with van der Waals surface area (Å²) in [4.78, 5) is 9.19. The number of pyridine rings is 1. The van der Waals surface area contributed by atoms with E-state index in [0.717, 1.165) is 25.0 Å². The van der Waals surface area contributed by atoms with E-state index in [2.05, 4.69) is 33.8 Å². The van der Waals surface area contributed by atoms with Crippen molar-refractivity contribution >= 4 is 20.6 Å². The Labute approximate surface area is 168 Å². The topological polar surface area (TPSA) is 19.4 Å². The molecule has 0 radical (unpaired) electrons. The lowest BCUT2D eigenvalue weighted by molar-refractivity contribution is 0.148. The highest BCUT2D eigenvalue weighted by atomic mass is 32.8. The lowest BCUT2D eigenvalue weighted by Gasteiger charge is -2.36. The second-order valence-corrected chi connectivity index (χ2v) is 10.4. The standard InChI is InChI=1S/C21H37N3S2/c1-2-3-4-5-6-7-8-9-10-11-16-23-18-24(20-26(25)19-23)17-21-12-14-22-15-13-21/h12-15H,2-11,16-20H2,1H3. The van der Waals surface area contributed by atoms with E-state index in [9.17, 15) is 0 Å². The van der Waals surface area contributed by atoms with Gasteiger partial charge in [-0.3, -0.25) is 14.8 Å². The summed E-state index contributed by atoms with van der Waals surface area (Å²) in [6.45, 7) is 5.57. The van der Waals surface area contributed by atoms with Crippen molar-refractivity contribution in [3.8, 4) is 0 Å². The third-order valence-corrected chi connectivity index (χ3v) is 6.98. The monoisotopic (exact) mass is 395 g/mol. The van der Waals surface area contributed by atoms with Crippen LogP contribution in [0.4, 0.5) is 0 Å². The Morgan fingerprint density at radius 3 is 2.12 bits per heavy atom. The van der Waals surface area contributed by atoms with Crippen LogP contribution in [-0.2, 0) is 27.2 Å². The molecule has 1 unspecified atom stereocenters. The van der Waals surface area contributed by atoms with Gasteiger partial charge in [0.15, 0.2) is 0 Å². The van der Waals surface area contributed by atoms with E-state index in [1.54, 1.807) is 0 Å². The molecule has 1 aliphatic rings. The number of hydrogen-bond donors (Lipinski definition) is 0. The van der Waals surface area contributed by atoms with Gasteiger partial charge in [-0.1, -0.05) is 74.2 Å². The van der Waals surface area contributed by atoms with Crippen molar-refractivity contribution in [2.24, 2.45) is 0 Å². The first kappa shape index (κ1) is 21.9. The van der Waals surface area contributed by atoms with Crippen LogP contribution in [0.1, 0.15) is 76.7 Å². The summed E-state index contributed by atoms with van der Waals surface area (Å²) in [7, 11) is 0.0810. The average molecular weight is 396 g/mol. The fourth-order valence-corrected chi connectivity index (χ4v) is 5.79. The predicted octanol–water partition coefficient (Wildman–Crippen LogP) is 5.07. The molecule has 0 bridgehead atoms. The molecule has 0 saturated carbocycles. The Morgan fingerprint density at radius 2 is 1.46 bits per heavy atom. The third-order valence-electron chi connectivity index (χ3n) is 5.04. The van der Waals surface area contributed by atoms with Crippen molar-refractivity contribution < 1.29 is 0 Å². The van der Waals surface area contributed by atoms with Crippen LogP contribution in [-0.4, -0.2) is 39.8 Å². The van der Waals surface area contributed by atoms with Crippen molar-refractivity contribution in [1.82, 2.24) is 14.8 Å². The first-order valence-electron chi connectivity index (χ1n) is 10.5. The van der Waals surface area contributed by atoms with Crippen molar-refractivity contribution in [3.05, 3.63) is 30.1 Å². The van der Waals surface area contributed by atoms with Crippen molar-refractivity contribution in [2.45, 2.75) is 77.7 Å². The van der Waals surface area contributed by atoms with E-state index in [-0.39, 0.29) is 9.45 Å². The molecule has 0 spiro atoms. The summed E-state index contributed by atoms with van der Waals surface area (Å²) in [5.41, 5.74) is 1.34. The highest BCUT2D eigenvalue weighted by Gasteiger charge is 2.19. The van der Waals surface area contributed by atoms with E-state index in [0.29, 0.717) is 0 Å². The Morgan fingerprint density at radius 1 is 0.885 bits per heavy atom. The quantitative estimate of drug-likeness (QED) is 0.434. The lowest BCUT2D eigenvalue weighted by Crippen LogP contribution is -2.47. The second kappa shape index (κ2) is 13.8. The zero-order chi connectivity index (χ0) is 18.5. The lowest BCUT2D eigenvalue weighted by atomic mass is 10.1. The van der Waals surface area contributed by atoms with Crippen LogP contribution in [0, 0.1) is 0 Å². The normalized spacial score (nSPS) is 19.0. The molecule has 1 fully saturated rings. The van der Waals surface area contributed by atoms with Crippen LogP contribution in [0.25, 0.3) is 0 Å². The number of nitrogens with zero attached hydrogens (tertiary/aromatic N) is 3. The zero-order valence-corrected chi connectivity index (χ0v) is 18.2. The summed E-state index contributed by atoms with van der Waals surface area (Å²) in [6, 6.07) is 4.23. The minimum atomic E-state index is 0.0810. The summed E-state index contributed by atoms with van der Waals surface area (Å²) < 4.78 is 0. The highest BCUT2D eigenvalue weighted by Crippen LogP contribution is 2.14. The summed E-state index contributed by atoms with van der Waals surface area (Å²) in [5.74, 6) is 2.17. The van der Waals surface area contributed by atoms with Gasteiger partial charge in [-0.05, 0) is 35.3 Å². The first-order chi connectivity index (χ1) is 12.8. The van der Waals surface area contributed by atoms with Crippen molar-refractivity contribution in [3.63, 3.8) is 0 Å². The molecule has 0 aromatic carbocycles. The molecule has 148 valence electrons. The molecule has 1 saturated heterocycles. The Hall–Kier alpha value is -0.360. The Bertz CT molecular complexity index is 495. The van der Waals surface area contributed by atoms with Crippen molar-refractivity contribution in [2.75, 3.05) is 25.0 Å². The van der Waals surface area contributed by atoms with E-state index < -0.39 is 0 Å². The van der Waals surface area contributed by atoms with Gasteiger partial charge >= 0.3 is 0 Å². The number of hydrogen-bond acceptors (Lipinski definition) is 4. The smallest absolute Gasteiger partial charge is 0.0525 e. The molecule has 2 rings (SSSR count). The molecule has 1 aromatic heterocycles. The summed E-state index contributed by atoms with van der Waals surface area (Å²) in [5, 5.41) is 0. The van der Waals surface area contributed by atoms with Gasteiger partial charge in [0.05, 0.1) is 18.4 Å².